The zero-order chi connectivity index (χ0) is 13.8. The lowest BCUT2D eigenvalue weighted by Gasteiger charge is -2.28. The minimum absolute atomic E-state index is 0.0112. The van der Waals surface area contributed by atoms with E-state index in [4.69, 9.17) is 5.11 Å². The Bertz CT molecular complexity index is 381. The molecule has 18 heavy (non-hydrogen) atoms. The molecule has 0 saturated heterocycles. The molecule has 0 atom stereocenters. The van der Waals surface area contributed by atoms with Gasteiger partial charge in [0.2, 0.25) is 0 Å². The highest BCUT2D eigenvalue weighted by atomic mass is 16.3. The van der Waals surface area contributed by atoms with Crippen LogP contribution in [0.2, 0.25) is 0 Å². The molecule has 0 amide bonds. The summed E-state index contributed by atoms with van der Waals surface area (Å²) in [5.41, 5.74) is 1.10. The summed E-state index contributed by atoms with van der Waals surface area (Å²) in [4.78, 5) is 15.3. The number of rotatable bonds is 5. The van der Waals surface area contributed by atoms with Gasteiger partial charge in [0.1, 0.15) is 17.9 Å². The average Bonchev–Trinajstić information content (AvgIpc) is 2.24. The number of aliphatic hydroxyl groups excluding tert-OH is 2. The van der Waals surface area contributed by atoms with Gasteiger partial charge < -0.3 is 10.2 Å². The Kier molecular flexibility index (Phi) is 5.08. The Morgan fingerprint density at radius 1 is 1.39 bits per heavy atom. The predicted octanol–water partition coefficient (Wildman–Crippen LogP) is 0.502. The molecule has 0 aromatic heterocycles. The SMILES string of the molecule is CCC(=[NH+]CCCO)C1=C(O)CC(C)(C)CC1=O. The molecule has 0 aromatic rings. The molecule has 102 valence electrons. The van der Waals surface area contributed by atoms with Gasteiger partial charge in [-0.1, -0.05) is 20.8 Å². The molecule has 0 unspecified atom stereocenters. The molecular formula is C14H24NO3+. The Balaban J connectivity index is 2.97. The first-order chi connectivity index (χ1) is 8.41. The largest absolute Gasteiger partial charge is 0.511 e. The maximum Gasteiger partial charge on any atom is 0.188 e. The molecule has 4 heteroatoms. The van der Waals surface area contributed by atoms with E-state index in [1.54, 1.807) is 0 Å². The summed E-state index contributed by atoms with van der Waals surface area (Å²) in [5, 5.41) is 18.8. The predicted molar refractivity (Wildman–Crippen MR) is 70.5 cm³/mol. The summed E-state index contributed by atoms with van der Waals surface area (Å²) in [6.07, 6.45) is 2.32. The van der Waals surface area contributed by atoms with Crippen molar-refractivity contribution in [2.75, 3.05) is 13.2 Å². The monoisotopic (exact) mass is 254 g/mol. The first kappa shape index (κ1) is 14.9. The maximum atomic E-state index is 12.1. The summed E-state index contributed by atoms with van der Waals surface area (Å²) in [5.74, 6) is 0.210. The number of allylic oxidation sites excluding steroid dienone is 2. The van der Waals surface area contributed by atoms with Gasteiger partial charge in [-0.2, -0.15) is 0 Å². The summed E-state index contributed by atoms with van der Waals surface area (Å²) < 4.78 is 0. The van der Waals surface area contributed by atoms with Gasteiger partial charge >= 0.3 is 0 Å². The van der Waals surface area contributed by atoms with Gasteiger partial charge in [-0.25, -0.2) is 4.99 Å². The lowest BCUT2D eigenvalue weighted by atomic mass is 9.75. The van der Waals surface area contributed by atoms with E-state index in [1.165, 1.54) is 0 Å². The fraction of sp³-hybridized carbons (Fsp3) is 0.714. The highest BCUT2D eigenvalue weighted by Crippen LogP contribution is 2.35. The van der Waals surface area contributed by atoms with Crippen molar-refractivity contribution in [3.05, 3.63) is 11.3 Å². The quantitative estimate of drug-likeness (QED) is 0.494. The van der Waals surface area contributed by atoms with Gasteiger partial charge in [0.05, 0.1) is 0 Å². The second-order valence-corrected chi connectivity index (χ2v) is 5.60. The third-order valence-electron chi connectivity index (χ3n) is 3.18. The highest BCUT2D eigenvalue weighted by Gasteiger charge is 2.36. The van der Waals surface area contributed by atoms with Gasteiger partial charge in [0, 0.05) is 32.3 Å². The molecule has 0 saturated carbocycles. The Labute approximate surface area is 108 Å². The van der Waals surface area contributed by atoms with Crippen molar-refractivity contribution in [3.8, 4) is 0 Å². The van der Waals surface area contributed by atoms with E-state index in [9.17, 15) is 9.90 Å². The van der Waals surface area contributed by atoms with Crippen LogP contribution in [0, 0.1) is 5.41 Å². The second kappa shape index (κ2) is 6.14. The number of carbonyl (C=O) groups is 1. The molecule has 4 nitrogen and oxygen atoms in total. The van der Waals surface area contributed by atoms with Crippen LogP contribution in [0.1, 0.15) is 46.5 Å². The smallest absolute Gasteiger partial charge is 0.188 e. The van der Waals surface area contributed by atoms with Crippen LogP contribution in [0.4, 0.5) is 0 Å². The van der Waals surface area contributed by atoms with Crippen LogP contribution < -0.4 is 4.99 Å². The number of ketones is 1. The fourth-order valence-corrected chi connectivity index (χ4v) is 2.34. The minimum atomic E-state index is -0.158. The molecule has 1 aliphatic rings. The number of aliphatic hydroxyl groups is 2. The molecule has 3 N–H and O–H groups in total. The molecule has 0 aliphatic heterocycles. The topological polar surface area (TPSA) is 71.5 Å². The van der Waals surface area contributed by atoms with Crippen molar-refractivity contribution in [2.45, 2.75) is 46.5 Å². The van der Waals surface area contributed by atoms with Gasteiger partial charge in [0.15, 0.2) is 11.5 Å². The molecule has 0 bridgehead atoms. The first-order valence-corrected chi connectivity index (χ1v) is 6.57. The minimum Gasteiger partial charge on any atom is -0.511 e. The van der Waals surface area contributed by atoms with Crippen LogP contribution >= 0.6 is 0 Å². The van der Waals surface area contributed by atoms with E-state index in [-0.39, 0.29) is 23.6 Å². The molecule has 0 heterocycles. The maximum absolute atomic E-state index is 12.1. The molecule has 1 aliphatic carbocycles. The Morgan fingerprint density at radius 2 is 2.06 bits per heavy atom. The van der Waals surface area contributed by atoms with Crippen LogP contribution in [0.5, 0.6) is 0 Å². The van der Waals surface area contributed by atoms with Crippen molar-refractivity contribution in [1.29, 1.82) is 0 Å². The van der Waals surface area contributed by atoms with E-state index < -0.39 is 0 Å². The van der Waals surface area contributed by atoms with E-state index in [0.717, 1.165) is 5.71 Å². The van der Waals surface area contributed by atoms with Crippen LogP contribution in [0.3, 0.4) is 0 Å². The van der Waals surface area contributed by atoms with E-state index in [1.807, 2.05) is 20.8 Å². The Hall–Kier alpha value is -1.16. The lowest BCUT2D eigenvalue weighted by Crippen LogP contribution is -2.74. The number of nitrogens with one attached hydrogen (secondary N) is 1. The van der Waals surface area contributed by atoms with Crippen LogP contribution in [0.15, 0.2) is 11.3 Å². The molecular weight excluding hydrogens is 230 g/mol. The van der Waals surface area contributed by atoms with Crippen LogP contribution in [0.25, 0.3) is 0 Å². The highest BCUT2D eigenvalue weighted by molar-refractivity contribution is 6.21. The summed E-state index contributed by atoms with van der Waals surface area (Å²) in [7, 11) is 0. The number of carbonyl (C=O) groups excluding carboxylic acids is 1. The van der Waals surface area contributed by atoms with Crippen molar-refractivity contribution in [2.24, 2.45) is 5.41 Å². The van der Waals surface area contributed by atoms with Crippen molar-refractivity contribution in [1.82, 2.24) is 0 Å². The van der Waals surface area contributed by atoms with E-state index in [2.05, 4.69) is 4.99 Å². The zero-order valence-electron chi connectivity index (χ0n) is 11.5. The van der Waals surface area contributed by atoms with E-state index >= 15 is 0 Å². The van der Waals surface area contributed by atoms with Crippen LogP contribution in [-0.2, 0) is 4.79 Å². The van der Waals surface area contributed by atoms with Gasteiger partial charge in [-0.15, -0.1) is 0 Å². The van der Waals surface area contributed by atoms with Gasteiger partial charge in [-0.3, -0.25) is 4.79 Å². The molecule has 0 spiro atoms. The molecule has 0 aromatic carbocycles. The first-order valence-electron chi connectivity index (χ1n) is 6.57. The van der Waals surface area contributed by atoms with E-state index in [0.29, 0.717) is 37.8 Å². The summed E-state index contributed by atoms with van der Waals surface area (Å²) in [6.45, 7) is 6.67. The summed E-state index contributed by atoms with van der Waals surface area (Å²) in [6, 6.07) is 0. The fourth-order valence-electron chi connectivity index (χ4n) is 2.34. The standard InChI is InChI=1S/C14H23NO3/c1-4-10(15-6-5-7-16)13-11(17)8-14(2,3)9-12(13)18/h16-17H,4-9H2,1-3H3/p+1. The molecule has 0 radical (unpaired) electrons. The third kappa shape index (κ3) is 3.67. The average molecular weight is 254 g/mol. The normalized spacial score (nSPS) is 20.4. The van der Waals surface area contributed by atoms with Gasteiger partial charge in [-0.05, 0) is 5.41 Å². The molecule has 1 rings (SSSR count). The number of hydrogen-bond acceptors (Lipinski definition) is 3. The van der Waals surface area contributed by atoms with Gasteiger partial charge in [0.25, 0.3) is 0 Å². The van der Waals surface area contributed by atoms with Crippen molar-refractivity contribution < 1.29 is 20.0 Å². The second-order valence-electron chi connectivity index (χ2n) is 5.60. The lowest BCUT2D eigenvalue weighted by molar-refractivity contribution is -0.458. The number of Topliss-reactive ketones (excluding diaryl/α,β-unsaturated/α-hetero) is 1. The van der Waals surface area contributed by atoms with Crippen molar-refractivity contribution >= 4 is 11.5 Å². The third-order valence-corrected chi connectivity index (χ3v) is 3.18. The van der Waals surface area contributed by atoms with Crippen molar-refractivity contribution in [3.63, 3.8) is 0 Å². The van der Waals surface area contributed by atoms with Crippen LogP contribution in [-0.4, -0.2) is 34.9 Å². The molecule has 0 fully saturated rings. The number of hydrogen-bond donors (Lipinski definition) is 3. The Morgan fingerprint density at radius 3 is 2.56 bits per heavy atom. The summed E-state index contributed by atoms with van der Waals surface area (Å²) >= 11 is 0. The zero-order valence-corrected chi connectivity index (χ0v) is 11.5.